The smallest absolute Gasteiger partial charge is 0.307 e. The third-order valence-corrected chi connectivity index (χ3v) is 2.78. The summed E-state index contributed by atoms with van der Waals surface area (Å²) >= 11 is 0. The number of carbonyl (C=O) groups is 3. The van der Waals surface area contributed by atoms with E-state index in [1.54, 1.807) is 31.2 Å². The number of methoxy groups -OCH3 is 1. The van der Waals surface area contributed by atoms with Crippen LogP contribution in [0.4, 0.5) is 0 Å². The zero-order valence-corrected chi connectivity index (χ0v) is 11.7. The number of ether oxygens (including phenoxy) is 1. The van der Waals surface area contributed by atoms with Crippen LogP contribution in [-0.4, -0.2) is 30.8 Å². The zero-order chi connectivity index (χ0) is 15.0. The summed E-state index contributed by atoms with van der Waals surface area (Å²) in [7, 11) is 1.30. The molecule has 0 fully saturated rings. The van der Waals surface area contributed by atoms with Crippen molar-refractivity contribution in [3.05, 3.63) is 35.9 Å². The molecule has 20 heavy (non-hydrogen) atoms. The van der Waals surface area contributed by atoms with Crippen molar-refractivity contribution in [1.82, 2.24) is 5.32 Å². The standard InChI is InChI=1S/C15H19NO4/c1-11(10-15(19)20-2)16-14(18)9-8-13(17)12-6-4-3-5-7-12/h3-7,11H,8-10H2,1-2H3,(H,16,18)/t11-/m0/s1. The van der Waals surface area contributed by atoms with Gasteiger partial charge in [-0.15, -0.1) is 0 Å². The molecular formula is C15H19NO4. The molecule has 0 aliphatic carbocycles. The van der Waals surface area contributed by atoms with Gasteiger partial charge >= 0.3 is 5.97 Å². The molecule has 0 radical (unpaired) electrons. The average Bonchev–Trinajstić information content (AvgIpc) is 2.45. The largest absolute Gasteiger partial charge is 0.469 e. The van der Waals surface area contributed by atoms with Crippen molar-refractivity contribution >= 4 is 17.7 Å². The summed E-state index contributed by atoms with van der Waals surface area (Å²) in [6.07, 6.45) is 0.384. The van der Waals surface area contributed by atoms with Crippen molar-refractivity contribution in [2.24, 2.45) is 0 Å². The Morgan fingerprint density at radius 1 is 1.15 bits per heavy atom. The molecule has 0 saturated heterocycles. The molecule has 0 aromatic heterocycles. The summed E-state index contributed by atoms with van der Waals surface area (Å²) in [5, 5.41) is 2.66. The predicted molar refractivity (Wildman–Crippen MR) is 74.2 cm³/mol. The second-order valence-electron chi connectivity index (χ2n) is 4.54. The molecule has 1 aromatic carbocycles. The van der Waals surface area contributed by atoms with E-state index >= 15 is 0 Å². The van der Waals surface area contributed by atoms with Crippen LogP contribution in [0.3, 0.4) is 0 Å². The highest BCUT2D eigenvalue weighted by molar-refractivity contribution is 5.97. The molecule has 1 amide bonds. The van der Waals surface area contributed by atoms with Crippen molar-refractivity contribution in [2.75, 3.05) is 7.11 Å². The van der Waals surface area contributed by atoms with Gasteiger partial charge < -0.3 is 10.1 Å². The molecule has 0 saturated carbocycles. The SMILES string of the molecule is COC(=O)C[C@H](C)NC(=O)CCC(=O)c1ccccc1. The fourth-order valence-corrected chi connectivity index (χ4v) is 1.73. The number of hydrogen-bond donors (Lipinski definition) is 1. The zero-order valence-electron chi connectivity index (χ0n) is 11.7. The Bertz CT molecular complexity index is 470. The lowest BCUT2D eigenvalue weighted by atomic mass is 10.1. The van der Waals surface area contributed by atoms with Crippen molar-refractivity contribution in [3.8, 4) is 0 Å². The average molecular weight is 277 g/mol. The van der Waals surface area contributed by atoms with Gasteiger partial charge in [-0.25, -0.2) is 0 Å². The number of ketones is 1. The highest BCUT2D eigenvalue weighted by Gasteiger charge is 2.13. The molecular weight excluding hydrogens is 258 g/mol. The maximum Gasteiger partial charge on any atom is 0.307 e. The van der Waals surface area contributed by atoms with E-state index < -0.39 is 0 Å². The van der Waals surface area contributed by atoms with Crippen LogP contribution in [0.2, 0.25) is 0 Å². The Kier molecular flexibility index (Phi) is 6.43. The second-order valence-corrected chi connectivity index (χ2v) is 4.54. The minimum atomic E-state index is -0.377. The molecule has 0 bridgehead atoms. The van der Waals surface area contributed by atoms with Crippen LogP contribution in [-0.2, 0) is 14.3 Å². The normalized spacial score (nSPS) is 11.5. The molecule has 0 aliphatic rings. The maximum atomic E-state index is 11.8. The maximum absolute atomic E-state index is 11.8. The van der Waals surface area contributed by atoms with Crippen molar-refractivity contribution in [3.63, 3.8) is 0 Å². The molecule has 5 heteroatoms. The first-order valence-electron chi connectivity index (χ1n) is 6.47. The van der Waals surface area contributed by atoms with Gasteiger partial charge in [0.1, 0.15) is 0 Å². The van der Waals surface area contributed by atoms with Gasteiger partial charge in [-0.05, 0) is 6.92 Å². The number of esters is 1. The van der Waals surface area contributed by atoms with Gasteiger partial charge in [0.2, 0.25) is 5.91 Å². The quantitative estimate of drug-likeness (QED) is 0.608. The molecule has 1 rings (SSSR count). The van der Waals surface area contributed by atoms with Gasteiger partial charge in [0.25, 0.3) is 0 Å². The number of Topliss-reactive ketones (excluding diaryl/α,β-unsaturated/α-hetero) is 1. The first-order valence-corrected chi connectivity index (χ1v) is 6.47. The minimum Gasteiger partial charge on any atom is -0.469 e. The lowest BCUT2D eigenvalue weighted by Crippen LogP contribution is -2.34. The molecule has 0 unspecified atom stereocenters. The van der Waals surface area contributed by atoms with Crippen LogP contribution in [0.1, 0.15) is 36.5 Å². The van der Waals surface area contributed by atoms with E-state index in [9.17, 15) is 14.4 Å². The highest BCUT2D eigenvalue weighted by Crippen LogP contribution is 2.05. The van der Waals surface area contributed by atoms with Gasteiger partial charge in [-0.2, -0.15) is 0 Å². The number of carbonyl (C=O) groups excluding carboxylic acids is 3. The van der Waals surface area contributed by atoms with Crippen LogP contribution in [0.5, 0.6) is 0 Å². The van der Waals surface area contributed by atoms with E-state index in [4.69, 9.17) is 0 Å². The van der Waals surface area contributed by atoms with Crippen LogP contribution in [0, 0.1) is 0 Å². The van der Waals surface area contributed by atoms with Crippen LogP contribution >= 0.6 is 0 Å². The van der Waals surface area contributed by atoms with Gasteiger partial charge in [0.15, 0.2) is 5.78 Å². The van der Waals surface area contributed by atoms with Crippen LogP contribution in [0.15, 0.2) is 30.3 Å². The van der Waals surface area contributed by atoms with Crippen LogP contribution < -0.4 is 5.32 Å². The number of rotatable bonds is 7. The van der Waals surface area contributed by atoms with E-state index in [1.165, 1.54) is 7.11 Å². The first-order chi connectivity index (χ1) is 9.52. The molecule has 1 aromatic rings. The van der Waals surface area contributed by atoms with Crippen LogP contribution in [0.25, 0.3) is 0 Å². The van der Waals surface area contributed by atoms with E-state index in [1.807, 2.05) is 6.07 Å². The molecule has 1 N–H and O–H groups in total. The molecule has 108 valence electrons. The monoisotopic (exact) mass is 277 g/mol. The Morgan fingerprint density at radius 2 is 1.80 bits per heavy atom. The van der Waals surface area contributed by atoms with Gasteiger partial charge in [-0.1, -0.05) is 30.3 Å². The summed E-state index contributed by atoms with van der Waals surface area (Å²) in [6.45, 7) is 1.72. The Hall–Kier alpha value is -2.17. The number of benzene rings is 1. The molecule has 5 nitrogen and oxygen atoms in total. The van der Waals surface area contributed by atoms with Gasteiger partial charge in [-0.3, -0.25) is 14.4 Å². The third kappa shape index (κ3) is 5.65. The highest BCUT2D eigenvalue weighted by atomic mass is 16.5. The lowest BCUT2D eigenvalue weighted by molar-refractivity contribution is -0.141. The topological polar surface area (TPSA) is 72.5 Å². The Morgan fingerprint density at radius 3 is 2.40 bits per heavy atom. The minimum absolute atomic E-state index is 0.0682. The summed E-state index contributed by atoms with van der Waals surface area (Å²) in [5.74, 6) is -0.690. The van der Waals surface area contributed by atoms with E-state index in [0.717, 1.165) is 0 Å². The summed E-state index contributed by atoms with van der Waals surface area (Å²) in [5.41, 5.74) is 0.600. The predicted octanol–water partition coefficient (Wildman–Crippen LogP) is 1.72. The number of amides is 1. The summed E-state index contributed by atoms with van der Waals surface area (Å²) in [4.78, 5) is 34.5. The molecule has 0 heterocycles. The van der Waals surface area contributed by atoms with Gasteiger partial charge in [0, 0.05) is 24.4 Å². The Labute approximate surface area is 118 Å². The van der Waals surface area contributed by atoms with Crippen molar-refractivity contribution < 1.29 is 19.1 Å². The fraction of sp³-hybridized carbons (Fsp3) is 0.400. The molecule has 0 spiro atoms. The van der Waals surface area contributed by atoms with E-state index in [2.05, 4.69) is 10.1 Å². The number of hydrogen-bond acceptors (Lipinski definition) is 4. The van der Waals surface area contributed by atoms with E-state index in [-0.39, 0.29) is 43.0 Å². The van der Waals surface area contributed by atoms with Gasteiger partial charge in [0.05, 0.1) is 13.5 Å². The van der Waals surface area contributed by atoms with Crippen molar-refractivity contribution in [1.29, 1.82) is 0 Å². The lowest BCUT2D eigenvalue weighted by Gasteiger charge is -2.12. The second kappa shape index (κ2) is 8.09. The summed E-state index contributed by atoms with van der Waals surface area (Å²) < 4.78 is 4.51. The van der Waals surface area contributed by atoms with Crippen molar-refractivity contribution in [2.45, 2.75) is 32.2 Å². The Balaban J connectivity index is 2.33. The fourth-order valence-electron chi connectivity index (χ4n) is 1.73. The first kappa shape index (κ1) is 15.9. The van der Waals surface area contributed by atoms with E-state index in [0.29, 0.717) is 5.56 Å². The summed E-state index contributed by atoms with van der Waals surface area (Å²) in [6, 6.07) is 8.54. The third-order valence-electron chi connectivity index (χ3n) is 2.78. The molecule has 1 atom stereocenters. The molecule has 0 aliphatic heterocycles. The number of nitrogens with one attached hydrogen (secondary N) is 1.